The van der Waals surface area contributed by atoms with E-state index in [-0.39, 0.29) is 36.0 Å². The van der Waals surface area contributed by atoms with Crippen LogP contribution >= 0.6 is 11.8 Å². The Balaban J connectivity index is 4.56. The zero-order valence-electron chi connectivity index (χ0n) is 43.2. The topological polar surface area (TPSA) is 119 Å². The Morgan fingerprint density at radius 3 is 1.02 bits per heavy atom. The lowest BCUT2D eigenvalue weighted by Crippen LogP contribution is -2.42. The van der Waals surface area contributed by atoms with Gasteiger partial charge >= 0.3 is 17.9 Å². The fourth-order valence-electron chi connectivity index (χ4n) is 8.61. The Kier molecular flexibility index (Phi) is 50.2. The largest absolute Gasteiger partial charge is 0.480 e. The molecule has 0 saturated heterocycles. The zero-order chi connectivity index (χ0) is 47.5. The van der Waals surface area contributed by atoms with Gasteiger partial charge in [-0.25, -0.2) is 4.79 Å². The van der Waals surface area contributed by atoms with Crippen LogP contribution in [0.2, 0.25) is 0 Å². The predicted octanol–water partition coefficient (Wildman–Crippen LogP) is 17.0. The van der Waals surface area contributed by atoms with Gasteiger partial charge < -0.3 is 19.9 Å². The summed E-state index contributed by atoms with van der Waals surface area (Å²) in [6, 6.07) is -1.04. The summed E-state index contributed by atoms with van der Waals surface area (Å²) in [5, 5.41) is 12.6. The molecule has 9 heteroatoms. The highest BCUT2D eigenvalue weighted by molar-refractivity contribution is 7.99. The lowest BCUT2D eigenvalue weighted by Gasteiger charge is -2.19. The van der Waals surface area contributed by atoms with Gasteiger partial charge in [-0.3, -0.25) is 14.4 Å². The third-order valence-electron chi connectivity index (χ3n) is 12.9. The van der Waals surface area contributed by atoms with Crippen molar-refractivity contribution in [2.75, 3.05) is 18.1 Å². The number of nitrogens with one attached hydrogen (secondary N) is 1. The number of carbonyl (C=O) groups is 4. The van der Waals surface area contributed by atoms with Gasteiger partial charge in [-0.15, -0.1) is 0 Å². The molecule has 8 nitrogen and oxygen atoms in total. The fourth-order valence-corrected chi connectivity index (χ4v) is 9.63. The number of carbonyl (C=O) groups excluding carboxylic acids is 3. The van der Waals surface area contributed by atoms with Gasteiger partial charge in [-0.2, -0.15) is 11.8 Å². The van der Waals surface area contributed by atoms with E-state index in [1.54, 1.807) is 0 Å². The Hall–Kier alpha value is -1.77. The molecule has 2 atom stereocenters. The number of hydrogen-bond acceptors (Lipinski definition) is 7. The molecule has 0 aliphatic heterocycles. The molecule has 0 aromatic heterocycles. The molecule has 0 unspecified atom stereocenters. The number of aliphatic carboxylic acids is 1. The second-order valence-corrected chi connectivity index (χ2v) is 20.6. The predicted molar refractivity (Wildman–Crippen MR) is 278 cm³/mol. The number of amides is 1. The molecule has 0 aromatic carbocycles. The van der Waals surface area contributed by atoms with Crippen LogP contribution in [0.25, 0.3) is 0 Å². The monoisotopic (exact) mass is 938 g/mol. The second kappa shape index (κ2) is 51.6. The molecule has 0 bridgehead atoms. The van der Waals surface area contributed by atoms with Gasteiger partial charge in [0.05, 0.1) is 0 Å². The molecule has 0 heterocycles. The van der Waals surface area contributed by atoms with E-state index < -0.39 is 18.1 Å². The number of thioether (sulfide) groups is 1. The van der Waals surface area contributed by atoms with E-state index in [9.17, 15) is 24.3 Å². The number of ether oxygens (including phenoxy) is 2. The van der Waals surface area contributed by atoms with Crippen LogP contribution in [0.15, 0.2) is 0 Å². The van der Waals surface area contributed by atoms with Crippen LogP contribution in [-0.2, 0) is 28.7 Å². The number of carboxylic acids is 1. The molecule has 0 saturated carbocycles. The number of hydrogen-bond donors (Lipinski definition) is 2. The number of esters is 2. The van der Waals surface area contributed by atoms with Crippen LogP contribution < -0.4 is 5.32 Å². The van der Waals surface area contributed by atoms with Crippen LogP contribution in [0.3, 0.4) is 0 Å². The van der Waals surface area contributed by atoms with Crippen molar-refractivity contribution in [3.05, 3.63) is 0 Å². The summed E-state index contributed by atoms with van der Waals surface area (Å²) in [6.07, 6.45) is 51.2. The molecule has 0 aromatic rings. The first kappa shape index (κ1) is 63.2. The SMILES string of the molecule is CCCCCCCCCCCCCCCCCC(=O)N[C@H](CSC[C@@H](COC(=O)CCCCCCCCCCCCCCC)OC(=O)CCCCCCCCCCCCCCC)C(=O)O. The standard InChI is InChI=1S/C56H107NO7S/c1-4-7-10-13-16-19-22-25-26-29-30-33-36-39-42-45-53(58)57-52(56(61)62)50-65-49-51(64-55(60)47-44-41-38-35-32-28-24-21-18-15-12-9-6-3)48-63-54(59)46-43-40-37-34-31-27-23-20-17-14-11-8-5-2/h51-52H,4-50H2,1-3H3,(H,57,58)(H,61,62)/t51-,52-/m1/s1. The average molecular weight is 939 g/mol. The van der Waals surface area contributed by atoms with Gasteiger partial charge in [-0.05, 0) is 19.3 Å². The van der Waals surface area contributed by atoms with Crippen LogP contribution in [0.4, 0.5) is 0 Å². The molecule has 0 aliphatic rings. The van der Waals surface area contributed by atoms with Crippen LogP contribution in [0.5, 0.6) is 0 Å². The molecule has 384 valence electrons. The maximum absolute atomic E-state index is 12.9. The first-order valence-corrected chi connectivity index (χ1v) is 29.4. The van der Waals surface area contributed by atoms with Gasteiger partial charge in [0.1, 0.15) is 18.8 Å². The van der Waals surface area contributed by atoms with Crippen molar-refractivity contribution in [2.45, 2.75) is 315 Å². The summed E-state index contributed by atoms with van der Waals surface area (Å²) in [4.78, 5) is 50.4. The summed E-state index contributed by atoms with van der Waals surface area (Å²) in [5.74, 6) is -1.49. The smallest absolute Gasteiger partial charge is 0.327 e. The normalized spacial score (nSPS) is 12.3. The Labute approximate surface area is 406 Å². The summed E-state index contributed by atoms with van der Waals surface area (Å²) in [5.41, 5.74) is 0. The third-order valence-corrected chi connectivity index (χ3v) is 14.1. The minimum absolute atomic E-state index is 0.0437. The van der Waals surface area contributed by atoms with E-state index >= 15 is 0 Å². The number of rotatable bonds is 53. The molecule has 0 fully saturated rings. The minimum atomic E-state index is -1.08. The van der Waals surface area contributed by atoms with Crippen molar-refractivity contribution >= 4 is 35.6 Å². The Morgan fingerprint density at radius 2 is 0.692 bits per heavy atom. The summed E-state index contributed by atoms with van der Waals surface area (Å²) in [6.45, 7) is 6.74. The van der Waals surface area contributed by atoms with Crippen molar-refractivity contribution in [3.63, 3.8) is 0 Å². The molecule has 0 rings (SSSR count). The van der Waals surface area contributed by atoms with Gasteiger partial charge in [-0.1, -0.05) is 265 Å². The number of carboxylic acid groups (broad SMARTS) is 1. The second-order valence-electron chi connectivity index (χ2n) is 19.5. The van der Waals surface area contributed by atoms with Crippen molar-refractivity contribution in [3.8, 4) is 0 Å². The van der Waals surface area contributed by atoms with Gasteiger partial charge in [0, 0.05) is 30.8 Å². The van der Waals surface area contributed by atoms with Crippen molar-refractivity contribution < 1.29 is 33.8 Å². The lowest BCUT2D eigenvalue weighted by molar-refractivity contribution is -0.157. The van der Waals surface area contributed by atoms with Gasteiger partial charge in [0.2, 0.25) is 5.91 Å². The van der Waals surface area contributed by atoms with Crippen molar-refractivity contribution in [1.29, 1.82) is 0 Å². The lowest BCUT2D eigenvalue weighted by atomic mass is 10.0. The molecular weight excluding hydrogens is 831 g/mol. The van der Waals surface area contributed by atoms with E-state index in [0.29, 0.717) is 19.3 Å². The van der Waals surface area contributed by atoms with E-state index in [2.05, 4.69) is 26.1 Å². The van der Waals surface area contributed by atoms with E-state index in [4.69, 9.17) is 9.47 Å². The molecule has 0 radical (unpaired) electrons. The van der Waals surface area contributed by atoms with Crippen LogP contribution in [0.1, 0.15) is 303 Å². The molecule has 2 N–H and O–H groups in total. The summed E-state index contributed by atoms with van der Waals surface area (Å²) in [7, 11) is 0. The Morgan fingerprint density at radius 1 is 0.400 bits per heavy atom. The first-order chi connectivity index (χ1) is 31.8. The molecule has 65 heavy (non-hydrogen) atoms. The third kappa shape index (κ3) is 48.5. The summed E-state index contributed by atoms with van der Waals surface area (Å²) >= 11 is 1.30. The van der Waals surface area contributed by atoms with Crippen molar-refractivity contribution in [2.24, 2.45) is 0 Å². The van der Waals surface area contributed by atoms with E-state index in [1.807, 2.05) is 0 Å². The number of unbranched alkanes of at least 4 members (excludes halogenated alkanes) is 38. The van der Waals surface area contributed by atoms with E-state index in [0.717, 1.165) is 57.8 Å². The highest BCUT2D eigenvalue weighted by atomic mass is 32.2. The van der Waals surface area contributed by atoms with Gasteiger partial charge in [0.25, 0.3) is 0 Å². The fraction of sp³-hybridized carbons (Fsp3) is 0.929. The van der Waals surface area contributed by atoms with Crippen LogP contribution in [-0.4, -0.2) is 59.2 Å². The van der Waals surface area contributed by atoms with Gasteiger partial charge in [0.15, 0.2) is 0 Å². The van der Waals surface area contributed by atoms with Crippen LogP contribution in [0, 0.1) is 0 Å². The highest BCUT2D eigenvalue weighted by Gasteiger charge is 2.23. The zero-order valence-corrected chi connectivity index (χ0v) is 44.0. The molecule has 0 spiro atoms. The molecule has 0 aliphatic carbocycles. The maximum Gasteiger partial charge on any atom is 0.327 e. The average Bonchev–Trinajstić information content (AvgIpc) is 3.29. The minimum Gasteiger partial charge on any atom is -0.480 e. The Bertz CT molecular complexity index is 1060. The van der Waals surface area contributed by atoms with Crippen molar-refractivity contribution in [1.82, 2.24) is 5.32 Å². The maximum atomic E-state index is 12.9. The first-order valence-electron chi connectivity index (χ1n) is 28.3. The quantitative estimate of drug-likeness (QED) is 0.0457. The molecule has 1 amide bonds. The molecular formula is C56H107NO7S. The summed E-state index contributed by atoms with van der Waals surface area (Å²) < 4.78 is 11.4. The highest BCUT2D eigenvalue weighted by Crippen LogP contribution is 2.18. The van der Waals surface area contributed by atoms with E-state index in [1.165, 1.54) is 217 Å².